The van der Waals surface area contributed by atoms with Crippen molar-refractivity contribution in [2.45, 2.75) is 50.6 Å². The maximum atomic E-state index is 12.8. The summed E-state index contributed by atoms with van der Waals surface area (Å²) in [5, 5.41) is 17.1. The fourth-order valence-corrected chi connectivity index (χ4v) is 4.83. The van der Waals surface area contributed by atoms with Gasteiger partial charge < -0.3 is 31.7 Å². The summed E-state index contributed by atoms with van der Waals surface area (Å²) in [6.07, 6.45) is -1.18. The summed E-state index contributed by atoms with van der Waals surface area (Å²) in [6.45, 7) is 5.70. The second-order valence-corrected chi connectivity index (χ2v) is 10.8. The summed E-state index contributed by atoms with van der Waals surface area (Å²) >= 11 is 0. The van der Waals surface area contributed by atoms with Gasteiger partial charge >= 0.3 is 0 Å². The third kappa shape index (κ3) is 8.28. The van der Waals surface area contributed by atoms with E-state index in [2.05, 4.69) is 20.7 Å². The minimum atomic E-state index is -3.62. The molecule has 0 spiro atoms. The number of likely N-dealkylation sites (N-methyl/N-ethyl adjacent to an activating group) is 1. The van der Waals surface area contributed by atoms with Crippen LogP contribution in [0.4, 0.5) is 0 Å². The Kier molecular flexibility index (Phi) is 11.0. The molecule has 32 heavy (non-hydrogen) atoms. The fourth-order valence-electron chi connectivity index (χ4n) is 3.21. The van der Waals surface area contributed by atoms with Crippen LogP contribution in [0.15, 0.2) is 0 Å². The zero-order valence-corrected chi connectivity index (χ0v) is 20.2. The molecule has 0 radical (unpaired) electrons. The Hall–Kier alpha value is -1.80. The van der Waals surface area contributed by atoms with Gasteiger partial charge in [-0.25, -0.2) is 13.1 Å². The fraction of sp³-hybridized carbons (Fsp3) is 0.842. The van der Waals surface area contributed by atoms with Gasteiger partial charge in [0.1, 0.15) is 12.1 Å². The van der Waals surface area contributed by atoms with Crippen molar-refractivity contribution in [3.05, 3.63) is 0 Å². The highest BCUT2D eigenvalue weighted by atomic mass is 32.2. The largest absolute Gasteiger partial charge is 0.391 e. The van der Waals surface area contributed by atoms with E-state index >= 15 is 0 Å². The molecule has 1 fully saturated rings. The zero-order valence-electron chi connectivity index (χ0n) is 19.4. The summed E-state index contributed by atoms with van der Waals surface area (Å²) in [7, 11) is -0.589. The standard InChI is InChI=1S/C19H38N6O6S/c1-11(2)8-22-32(30,31)14-6-13(9-21-10-14)17(27)24-16(12(3)26)18(28)23-15(7-20)19(29)25(4)5/h11-16,21-22,26H,6-10,20H2,1-5H3,(H,23,28)(H,24,27)/t12?,13?,14?,15-,16-/m0/s1. The van der Waals surface area contributed by atoms with Crippen LogP contribution in [-0.4, -0.2) is 99.9 Å². The second kappa shape index (κ2) is 12.4. The van der Waals surface area contributed by atoms with E-state index in [-0.39, 0.29) is 32.0 Å². The van der Waals surface area contributed by atoms with Crippen LogP contribution in [0.5, 0.6) is 0 Å². The average molecular weight is 479 g/mol. The number of aliphatic hydroxyl groups excluding tert-OH is 1. The van der Waals surface area contributed by atoms with Crippen molar-refractivity contribution in [1.82, 2.24) is 25.6 Å². The normalized spacial score (nSPS) is 22.0. The molecular formula is C19H38N6O6S. The maximum Gasteiger partial charge on any atom is 0.245 e. The summed E-state index contributed by atoms with van der Waals surface area (Å²) in [6, 6.07) is -2.34. The minimum absolute atomic E-state index is 0.0744. The Morgan fingerprint density at radius 3 is 2.28 bits per heavy atom. The minimum Gasteiger partial charge on any atom is -0.391 e. The molecule has 0 aromatic carbocycles. The molecule has 1 rings (SSSR count). The molecule has 5 atom stereocenters. The van der Waals surface area contributed by atoms with Gasteiger partial charge in [-0.2, -0.15) is 0 Å². The van der Waals surface area contributed by atoms with E-state index in [4.69, 9.17) is 5.73 Å². The molecule has 186 valence electrons. The lowest BCUT2D eigenvalue weighted by Crippen LogP contribution is -2.60. The Morgan fingerprint density at radius 1 is 1.16 bits per heavy atom. The van der Waals surface area contributed by atoms with Gasteiger partial charge in [0.05, 0.1) is 17.3 Å². The highest BCUT2D eigenvalue weighted by Gasteiger charge is 2.37. The lowest BCUT2D eigenvalue weighted by molar-refractivity contribution is -0.137. The number of nitrogens with two attached hydrogens (primary N) is 1. The Morgan fingerprint density at radius 2 is 1.78 bits per heavy atom. The third-order valence-corrected chi connectivity index (χ3v) is 6.97. The van der Waals surface area contributed by atoms with Crippen LogP contribution in [0.3, 0.4) is 0 Å². The highest BCUT2D eigenvalue weighted by molar-refractivity contribution is 7.90. The van der Waals surface area contributed by atoms with Crippen molar-refractivity contribution in [1.29, 1.82) is 0 Å². The number of sulfonamides is 1. The number of amides is 3. The lowest BCUT2D eigenvalue weighted by Gasteiger charge is -2.31. The monoisotopic (exact) mass is 478 g/mol. The van der Waals surface area contributed by atoms with Gasteiger partial charge in [0.2, 0.25) is 27.7 Å². The van der Waals surface area contributed by atoms with Crippen molar-refractivity contribution in [3.8, 4) is 0 Å². The molecule has 1 aliphatic heterocycles. The summed E-state index contributed by atoms with van der Waals surface area (Å²) < 4.78 is 27.6. The van der Waals surface area contributed by atoms with E-state index < -0.39 is 57.1 Å². The lowest BCUT2D eigenvalue weighted by atomic mass is 9.97. The van der Waals surface area contributed by atoms with Gasteiger partial charge in [0, 0.05) is 40.3 Å². The first-order valence-electron chi connectivity index (χ1n) is 10.7. The molecule has 0 aliphatic carbocycles. The predicted octanol–water partition coefficient (Wildman–Crippen LogP) is -3.06. The first-order valence-corrected chi connectivity index (χ1v) is 12.2. The molecule has 12 nitrogen and oxygen atoms in total. The first kappa shape index (κ1) is 28.2. The van der Waals surface area contributed by atoms with E-state index in [1.54, 1.807) is 0 Å². The maximum absolute atomic E-state index is 12.8. The topological polar surface area (TPSA) is 183 Å². The molecule has 3 unspecified atom stereocenters. The molecule has 0 aromatic rings. The van der Waals surface area contributed by atoms with Crippen LogP contribution in [0, 0.1) is 11.8 Å². The number of hydrogen-bond donors (Lipinski definition) is 6. The Balaban J connectivity index is 2.83. The number of rotatable bonds is 11. The molecule has 0 bridgehead atoms. The number of nitrogens with one attached hydrogen (secondary N) is 4. The van der Waals surface area contributed by atoms with Gasteiger partial charge in [-0.1, -0.05) is 13.8 Å². The third-order valence-electron chi connectivity index (χ3n) is 5.17. The molecule has 1 aliphatic rings. The summed E-state index contributed by atoms with van der Waals surface area (Å²) in [4.78, 5) is 38.8. The molecule has 3 amide bonds. The molecule has 0 saturated carbocycles. The first-order chi connectivity index (χ1) is 14.8. The van der Waals surface area contributed by atoms with Crippen molar-refractivity contribution < 1.29 is 27.9 Å². The quantitative estimate of drug-likeness (QED) is 0.181. The van der Waals surface area contributed by atoms with Gasteiger partial charge in [-0.05, 0) is 19.3 Å². The van der Waals surface area contributed by atoms with Crippen LogP contribution < -0.4 is 26.4 Å². The average Bonchev–Trinajstić information content (AvgIpc) is 2.73. The number of aliphatic hydroxyl groups is 1. The van der Waals surface area contributed by atoms with Gasteiger partial charge in [-0.3, -0.25) is 14.4 Å². The van der Waals surface area contributed by atoms with Gasteiger partial charge in [0.25, 0.3) is 0 Å². The SMILES string of the molecule is CC(C)CNS(=O)(=O)C1CNCC(C(=O)N[C@H](C(=O)N[C@@H](CN)C(=O)N(C)C)C(C)O)C1. The van der Waals surface area contributed by atoms with Crippen molar-refractivity contribution in [2.75, 3.05) is 40.3 Å². The van der Waals surface area contributed by atoms with Crippen LogP contribution in [0.2, 0.25) is 0 Å². The molecule has 13 heteroatoms. The van der Waals surface area contributed by atoms with Crippen LogP contribution in [-0.2, 0) is 24.4 Å². The highest BCUT2D eigenvalue weighted by Crippen LogP contribution is 2.17. The van der Waals surface area contributed by atoms with E-state index in [1.807, 2.05) is 13.8 Å². The van der Waals surface area contributed by atoms with Crippen molar-refractivity contribution in [2.24, 2.45) is 17.6 Å². The molecule has 7 N–H and O–H groups in total. The molecular weight excluding hydrogens is 440 g/mol. The molecule has 1 saturated heterocycles. The number of carbonyl (C=O) groups is 3. The van der Waals surface area contributed by atoms with Crippen LogP contribution in [0.1, 0.15) is 27.2 Å². The number of carbonyl (C=O) groups excluding carboxylic acids is 3. The van der Waals surface area contributed by atoms with Crippen LogP contribution >= 0.6 is 0 Å². The van der Waals surface area contributed by atoms with Crippen molar-refractivity contribution >= 4 is 27.7 Å². The summed E-state index contributed by atoms with van der Waals surface area (Å²) in [5.74, 6) is -2.32. The molecule has 1 heterocycles. The van der Waals surface area contributed by atoms with E-state index in [0.29, 0.717) is 6.54 Å². The Bertz CT molecular complexity index is 757. The van der Waals surface area contributed by atoms with Crippen LogP contribution in [0.25, 0.3) is 0 Å². The molecule has 0 aromatic heterocycles. The van der Waals surface area contributed by atoms with Gasteiger partial charge in [0.15, 0.2) is 0 Å². The van der Waals surface area contributed by atoms with E-state index in [0.717, 1.165) is 0 Å². The predicted molar refractivity (Wildman–Crippen MR) is 120 cm³/mol. The van der Waals surface area contributed by atoms with Gasteiger partial charge in [-0.15, -0.1) is 0 Å². The number of hydrogen-bond acceptors (Lipinski definition) is 8. The Labute approximate surface area is 190 Å². The summed E-state index contributed by atoms with van der Waals surface area (Å²) in [5.41, 5.74) is 5.57. The van der Waals surface area contributed by atoms with E-state index in [9.17, 15) is 27.9 Å². The smallest absolute Gasteiger partial charge is 0.245 e. The number of piperidine rings is 1. The van der Waals surface area contributed by atoms with Crippen molar-refractivity contribution in [3.63, 3.8) is 0 Å². The zero-order chi connectivity index (χ0) is 24.6. The number of nitrogens with zero attached hydrogens (tertiary/aromatic N) is 1. The van der Waals surface area contributed by atoms with E-state index in [1.165, 1.54) is 25.9 Å². The second-order valence-electron chi connectivity index (χ2n) is 8.76.